The minimum absolute atomic E-state index is 0.0323. The van der Waals surface area contributed by atoms with Gasteiger partial charge in [0, 0.05) is 12.8 Å². The Kier molecular flexibility index (Phi) is 6.56. The number of rotatable bonds is 8. The van der Waals surface area contributed by atoms with Crippen LogP contribution in [0.1, 0.15) is 24.8 Å². The maximum atomic E-state index is 10.8. The Balaban J connectivity index is 1.74. The molecule has 1 aromatic rings. The van der Waals surface area contributed by atoms with E-state index in [0.29, 0.717) is 12.4 Å². The van der Waals surface area contributed by atoms with E-state index in [1.165, 1.54) is 0 Å². The molecule has 124 valence electrons. The number of nitrogens with zero attached hydrogens (tertiary/aromatic N) is 1. The summed E-state index contributed by atoms with van der Waals surface area (Å²) in [6.07, 6.45) is 7.21. The molecule has 1 aliphatic rings. The molecule has 0 aromatic carbocycles. The van der Waals surface area contributed by atoms with Crippen molar-refractivity contribution in [2.45, 2.75) is 32.2 Å². The zero-order valence-corrected chi connectivity index (χ0v) is 13.4. The molecule has 0 amide bonds. The van der Waals surface area contributed by atoms with Gasteiger partial charge in [0.25, 0.3) is 10.1 Å². The molecule has 0 spiro atoms. The van der Waals surface area contributed by atoms with Gasteiger partial charge in [0.2, 0.25) is 0 Å². The molecule has 7 nitrogen and oxygen atoms in total. The second-order valence-corrected chi connectivity index (χ2v) is 6.65. The minimum Gasteiger partial charge on any atom is -0.490 e. The van der Waals surface area contributed by atoms with Gasteiger partial charge in [-0.2, -0.15) is 8.42 Å². The third kappa shape index (κ3) is 6.69. The largest absolute Gasteiger partial charge is 0.490 e. The average Bonchev–Trinajstić information content (AvgIpc) is 2.50. The minimum atomic E-state index is -3.44. The van der Waals surface area contributed by atoms with E-state index < -0.39 is 10.1 Å². The summed E-state index contributed by atoms with van der Waals surface area (Å²) in [6.45, 7) is 1.24. The van der Waals surface area contributed by atoms with E-state index in [-0.39, 0.29) is 19.5 Å². The van der Waals surface area contributed by atoms with Gasteiger partial charge in [-0.05, 0) is 30.9 Å². The lowest BCUT2D eigenvalue weighted by atomic mass is 10.2. The van der Waals surface area contributed by atoms with Crippen molar-refractivity contribution in [3.8, 4) is 5.75 Å². The Morgan fingerprint density at radius 3 is 2.91 bits per heavy atom. The van der Waals surface area contributed by atoms with E-state index >= 15 is 0 Å². The van der Waals surface area contributed by atoms with Crippen molar-refractivity contribution in [2.24, 2.45) is 0 Å². The van der Waals surface area contributed by atoms with Crippen LogP contribution in [-0.2, 0) is 30.4 Å². The molecule has 0 saturated carbocycles. The lowest BCUT2D eigenvalue weighted by Crippen LogP contribution is -2.22. The zero-order chi connectivity index (χ0) is 15.8. The van der Waals surface area contributed by atoms with E-state index in [4.69, 9.17) is 14.2 Å². The van der Waals surface area contributed by atoms with Gasteiger partial charge in [0.05, 0.1) is 19.1 Å². The van der Waals surface area contributed by atoms with Crippen LogP contribution in [0.2, 0.25) is 0 Å². The molecule has 0 N–H and O–H groups in total. The second kappa shape index (κ2) is 8.42. The van der Waals surface area contributed by atoms with Crippen LogP contribution in [0.5, 0.6) is 5.75 Å². The molecule has 0 bridgehead atoms. The summed E-state index contributed by atoms with van der Waals surface area (Å²) in [5.74, 6) is 0.544. The zero-order valence-electron chi connectivity index (χ0n) is 12.6. The first kappa shape index (κ1) is 17.1. The quantitative estimate of drug-likeness (QED) is 0.527. The van der Waals surface area contributed by atoms with Crippen molar-refractivity contribution in [3.05, 3.63) is 24.0 Å². The van der Waals surface area contributed by atoms with Gasteiger partial charge in [-0.3, -0.25) is 9.17 Å². The molecule has 2 heterocycles. The topological polar surface area (TPSA) is 84.0 Å². The highest BCUT2D eigenvalue weighted by atomic mass is 32.2. The van der Waals surface area contributed by atoms with Gasteiger partial charge in [0.15, 0.2) is 6.29 Å². The molecule has 1 fully saturated rings. The summed E-state index contributed by atoms with van der Waals surface area (Å²) in [6, 6.07) is 1.80. The van der Waals surface area contributed by atoms with Crippen LogP contribution in [0.25, 0.3) is 0 Å². The van der Waals surface area contributed by atoms with E-state index in [1.54, 1.807) is 18.5 Å². The van der Waals surface area contributed by atoms with Crippen molar-refractivity contribution in [2.75, 3.05) is 26.1 Å². The van der Waals surface area contributed by atoms with Crippen molar-refractivity contribution < 1.29 is 26.8 Å². The average molecular weight is 331 g/mol. The van der Waals surface area contributed by atoms with Crippen molar-refractivity contribution in [1.82, 2.24) is 4.98 Å². The molecule has 1 aliphatic heterocycles. The molecule has 1 unspecified atom stereocenters. The molecular formula is C14H21NO6S. The number of ether oxygens (including phenoxy) is 3. The summed E-state index contributed by atoms with van der Waals surface area (Å²) in [7, 11) is -3.44. The van der Waals surface area contributed by atoms with E-state index in [9.17, 15) is 8.42 Å². The fourth-order valence-corrected chi connectivity index (χ4v) is 2.37. The molecule has 0 radical (unpaired) electrons. The van der Waals surface area contributed by atoms with Crippen LogP contribution in [0, 0.1) is 0 Å². The Hall–Kier alpha value is -1.22. The first-order chi connectivity index (χ1) is 10.5. The maximum Gasteiger partial charge on any atom is 0.264 e. The van der Waals surface area contributed by atoms with Crippen LogP contribution in [0.15, 0.2) is 18.5 Å². The van der Waals surface area contributed by atoms with Gasteiger partial charge < -0.3 is 14.2 Å². The van der Waals surface area contributed by atoms with Crippen molar-refractivity contribution in [1.29, 1.82) is 0 Å². The Morgan fingerprint density at radius 2 is 2.18 bits per heavy atom. The first-order valence-electron chi connectivity index (χ1n) is 7.17. The van der Waals surface area contributed by atoms with Crippen LogP contribution >= 0.6 is 0 Å². The second-order valence-electron chi connectivity index (χ2n) is 5.01. The summed E-state index contributed by atoms with van der Waals surface area (Å²) < 4.78 is 42.8. The predicted molar refractivity (Wildman–Crippen MR) is 78.9 cm³/mol. The Labute approximate surface area is 130 Å². The summed E-state index contributed by atoms with van der Waals surface area (Å²) in [5, 5.41) is 0. The highest BCUT2D eigenvalue weighted by Gasteiger charge is 2.14. The monoisotopic (exact) mass is 331 g/mol. The highest BCUT2D eigenvalue weighted by molar-refractivity contribution is 7.85. The number of pyridine rings is 1. The SMILES string of the molecule is CS(=O)(=O)OCCOc1cncc(COC2CCCCO2)c1. The summed E-state index contributed by atoms with van der Waals surface area (Å²) in [4.78, 5) is 4.07. The standard InChI is InChI=1S/C14H21NO6S/c1-22(16,17)21-7-6-18-13-8-12(9-15-10-13)11-20-14-4-2-3-5-19-14/h8-10,14H,2-7,11H2,1H3. The fourth-order valence-electron chi connectivity index (χ4n) is 2.00. The lowest BCUT2D eigenvalue weighted by molar-refractivity contribution is -0.169. The van der Waals surface area contributed by atoms with E-state index in [1.807, 2.05) is 0 Å². The van der Waals surface area contributed by atoms with Crippen LogP contribution < -0.4 is 4.74 Å². The van der Waals surface area contributed by atoms with E-state index in [2.05, 4.69) is 9.17 Å². The predicted octanol–water partition coefficient (Wildman–Crippen LogP) is 1.48. The molecule has 8 heteroatoms. The van der Waals surface area contributed by atoms with Gasteiger partial charge in [-0.1, -0.05) is 0 Å². The molecule has 22 heavy (non-hydrogen) atoms. The Bertz CT molecular complexity index is 556. The molecule has 1 aromatic heterocycles. The number of hydrogen-bond acceptors (Lipinski definition) is 7. The normalized spacial score (nSPS) is 19.0. The van der Waals surface area contributed by atoms with Crippen LogP contribution in [-0.4, -0.2) is 45.8 Å². The molecule has 1 saturated heterocycles. The number of aromatic nitrogens is 1. The third-order valence-electron chi connectivity index (χ3n) is 2.99. The first-order valence-corrected chi connectivity index (χ1v) is 8.99. The highest BCUT2D eigenvalue weighted by Crippen LogP contribution is 2.17. The summed E-state index contributed by atoms with van der Waals surface area (Å²) in [5.41, 5.74) is 0.871. The molecule has 1 atom stereocenters. The molecule has 2 rings (SSSR count). The van der Waals surface area contributed by atoms with Gasteiger partial charge in [-0.25, -0.2) is 0 Å². The van der Waals surface area contributed by atoms with Gasteiger partial charge in [0.1, 0.15) is 19.0 Å². The van der Waals surface area contributed by atoms with Crippen molar-refractivity contribution in [3.63, 3.8) is 0 Å². The fraction of sp³-hybridized carbons (Fsp3) is 0.643. The van der Waals surface area contributed by atoms with Gasteiger partial charge >= 0.3 is 0 Å². The third-order valence-corrected chi connectivity index (χ3v) is 3.59. The Morgan fingerprint density at radius 1 is 1.32 bits per heavy atom. The van der Waals surface area contributed by atoms with Crippen molar-refractivity contribution >= 4 is 10.1 Å². The van der Waals surface area contributed by atoms with E-state index in [0.717, 1.165) is 37.7 Å². The molecular weight excluding hydrogens is 310 g/mol. The van der Waals surface area contributed by atoms with Crippen LogP contribution in [0.3, 0.4) is 0 Å². The number of hydrogen-bond donors (Lipinski definition) is 0. The molecule has 0 aliphatic carbocycles. The van der Waals surface area contributed by atoms with Gasteiger partial charge in [-0.15, -0.1) is 0 Å². The van der Waals surface area contributed by atoms with Crippen LogP contribution in [0.4, 0.5) is 0 Å². The summed E-state index contributed by atoms with van der Waals surface area (Å²) >= 11 is 0. The smallest absolute Gasteiger partial charge is 0.264 e. The maximum absolute atomic E-state index is 10.8. The lowest BCUT2D eigenvalue weighted by Gasteiger charge is -2.22.